The van der Waals surface area contributed by atoms with Crippen LogP contribution in [0.3, 0.4) is 0 Å². The number of amides is 1. The third-order valence-corrected chi connectivity index (χ3v) is 2.48. The minimum Gasteiger partial charge on any atom is -0.460 e. The molecule has 0 saturated heterocycles. The summed E-state index contributed by atoms with van der Waals surface area (Å²) in [5, 5.41) is 13.5. The summed E-state index contributed by atoms with van der Waals surface area (Å²) in [7, 11) is 0. The Labute approximate surface area is 104 Å². The van der Waals surface area contributed by atoms with Crippen molar-refractivity contribution >= 4 is 11.9 Å². The predicted molar refractivity (Wildman–Crippen MR) is 59.6 cm³/mol. The number of aromatic nitrogens is 4. The highest BCUT2D eigenvalue weighted by Crippen LogP contribution is 2.18. The summed E-state index contributed by atoms with van der Waals surface area (Å²) >= 11 is 0. The lowest BCUT2D eigenvalue weighted by Gasteiger charge is -2.04. The Balaban J connectivity index is 1.86. The number of nitrogens with zero attached hydrogens (tertiary/aromatic N) is 4. The van der Waals surface area contributed by atoms with Crippen molar-refractivity contribution < 1.29 is 14.3 Å². The lowest BCUT2D eigenvalue weighted by Crippen LogP contribution is -2.27. The number of rotatable bonds is 6. The largest absolute Gasteiger partial charge is 0.460 e. The molecule has 0 aromatic carbocycles. The first kappa shape index (κ1) is 12.5. The topological polar surface area (TPSA) is 99.0 Å². The number of carbonyl (C=O) groups is 2. The van der Waals surface area contributed by atoms with E-state index in [0.29, 0.717) is 6.04 Å². The van der Waals surface area contributed by atoms with Crippen LogP contribution in [0.25, 0.3) is 0 Å². The standard InChI is InChI=1S/C10H15N5O3/c1-2-18-10(17)9-12-13-14-15(9)6-5-8(16)11-7-3-4-7/h7H,2-6H2,1H3,(H,11,16). The number of esters is 1. The van der Waals surface area contributed by atoms with Crippen LogP contribution in [0, 0.1) is 0 Å². The first-order valence-corrected chi connectivity index (χ1v) is 5.93. The van der Waals surface area contributed by atoms with Gasteiger partial charge in [0.25, 0.3) is 5.82 Å². The fraction of sp³-hybridized carbons (Fsp3) is 0.700. The van der Waals surface area contributed by atoms with Crippen molar-refractivity contribution in [1.82, 2.24) is 25.5 Å². The number of ether oxygens (including phenoxy) is 1. The Kier molecular flexibility index (Phi) is 3.85. The Morgan fingerprint density at radius 3 is 2.94 bits per heavy atom. The van der Waals surface area contributed by atoms with Crippen LogP contribution in [-0.4, -0.2) is 44.7 Å². The van der Waals surface area contributed by atoms with E-state index >= 15 is 0 Å². The Morgan fingerprint density at radius 2 is 2.28 bits per heavy atom. The van der Waals surface area contributed by atoms with Crippen LogP contribution in [0.15, 0.2) is 0 Å². The molecule has 2 rings (SSSR count). The molecule has 18 heavy (non-hydrogen) atoms. The molecule has 1 heterocycles. The summed E-state index contributed by atoms with van der Waals surface area (Å²) in [5.41, 5.74) is 0. The van der Waals surface area contributed by atoms with Crippen LogP contribution in [0.2, 0.25) is 0 Å². The first-order chi connectivity index (χ1) is 8.70. The summed E-state index contributed by atoms with van der Waals surface area (Å²) in [5.74, 6) is -0.607. The van der Waals surface area contributed by atoms with Gasteiger partial charge >= 0.3 is 5.97 Å². The molecule has 1 aromatic heterocycles. The van der Waals surface area contributed by atoms with Crippen molar-refractivity contribution in [3.63, 3.8) is 0 Å². The van der Waals surface area contributed by atoms with Crippen molar-refractivity contribution in [3.8, 4) is 0 Å². The molecule has 0 unspecified atom stereocenters. The highest BCUT2D eigenvalue weighted by atomic mass is 16.5. The average Bonchev–Trinajstić information content (AvgIpc) is 3.02. The van der Waals surface area contributed by atoms with Crippen LogP contribution in [0.4, 0.5) is 0 Å². The van der Waals surface area contributed by atoms with Gasteiger partial charge in [-0.25, -0.2) is 9.48 Å². The quantitative estimate of drug-likeness (QED) is 0.687. The molecule has 98 valence electrons. The summed E-state index contributed by atoms with van der Waals surface area (Å²) in [6, 6.07) is 0.330. The maximum atomic E-state index is 11.5. The molecule has 8 nitrogen and oxygen atoms in total. The van der Waals surface area contributed by atoms with Crippen LogP contribution in [-0.2, 0) is 16.1 Å². The zero-order valence-electron chi connectivity index (χ0n) is 10.1. The molecule has 0 aliphatic heterocycles. The second-order valence-corrected chi connectivity index (χ2v) is 4.04. The van der Waals surface area contributed by atoms with Crippen molar-refractivity contribution in [2.45, 2.75) is 38.8 Å². The highest BCUT2D eigenvalue weighted by molar-refractivity contribution is 5.85. The van der Waals surface area contributed by atoms with E-state index in [1.54, 1.807) is 6.92 Å². The monoisotopic (exact) mass is 253 g/mol. The zero-order chi connectivity index (χ0) is 13.0. The van der Waals surface area contributed by atoms with E-state index < -0.39 is 5.97 Å². The van der Waals surface area contributed by atoms with Gasteiger partial charge in [0.05, 0.1) is 13.2 Å². The lowest BCUT2D eigenvalue weighted by molar-refractivity contribution is -0.121. The summed E-state index contributed by atoms with van der Waals surface area (Å²) < 4.78 is 6.09. The fourth-order valence-corrected chi connectivity index (χ4v) is 1.43. The molecule has 8 heteroatoms. The van der Waals surface area contributed by atoms with E-state index in [2.05, 4.69) is 20.8 Å². The molecule has 1 fully saturated rings. The molecule has 1 saturated carbocycles. The number of aryl methyl sites for hydroxylation is 1. The molecule has 1 aliphatic rings. The third kappa shape index (κ3) is 3.25. The first-order valence-electron chi connectivity index (χ1n) is 5.93. The SMILES string of the molecule is CCOC(=O)c1nnnn1CCC(=O)NC1CC1. The predicted octanol–water partition coefficient (Wildman–Crippen LogP) is -0.481. The molecule has 1 aliphatic carbocycles. The van der Waals surface area contributed by atoms with E-state index in [1.165, 1.54) is 4.68 Å². The van der Waals surface area contributed by atoms with Gasteiger partial charge in [-0.3, -0.25) is 4.79 Å². The molecule has 1 amide bonds. The molecule has 1 N–H and O–H groups in total. The van der Waals surface area contributed by atoms with Gasteiger partial charge in [-0.05, 0) is 30.2 Å². The van der Waals surface area contributed by atoms with Gasteiger partial charge in [0, 0.05) is 12.5 Å². The van der Waals surface area contributed by atoms with E-state index in [9.17, 15) is 9.59 Å². The van der Waals surface area contributed by atoms with Gasteiger partial charge in [-0.15, -0.1) is 5.10 Å². The van der Waals surface area contributed by atoms with Crippen molar-refractivity contribution in [2.75, 3.05) is 6.61 Å². The number of hydrogen-bond donors (Lipinski definition) is 1. The maximum Gasteiger partial charge on any atom is 0.378 e. The minimum absolute atomic E-state index is 0.0241. The van der Waals surface area contributed by atoms with E-state index in [0.717, 1.165) is 12.8 Å². The normalized spacial score (nSPS) is 14.3. The van der Waals surface area contributed by atoms with E-state index in [4.69, 9.17) is 4.74 Å². The fourth-order valence-electron chi connectivity index (χ4n) is 1.43. The van der Waals surface area contributed by atoms with E-state index in [1.807, 2.05) is 0 Å². The summed E-state index contributed by atoms with van der Waals surface area (Å²) in [6.07, 6.45) is 2.34. The van der Waals surface area contributed by atoms with Crippen LogP contribution >= 0.6 is 0 Å². The van der Waals surface area contributed by atoms with E-state index in [-0.39, 0.29) is 31.3 Å². The second kappa shape index (κ2) is 5.56. The van der Waals surface area contributed by atoms with Crippen LogP contribution < -0.4 is 5.32 Å². The zero-order valence-corrected chi connectivity index (χ0v) is 10.1. The summed E-state index contributed by atoms with van der Waals surface area (Å²) in [4.78, 5) is 23.0. The van der Waals surface area contributed by atoms with Crippen LogP contribution in [0.5, 0.6) is 0 Å². The van der Waals surface area contributed by atoms with Crippen molar-refractivity contribution in [2.24, 2.45) is 0 Å². The highest BCUT2D eigenvalue weighted by Gasteiger charge is 2.23. The van der Waals surface area contributed by atoms with Gasteiger partial charge < -0.3 is 10.1 Å². The van der Waals surface area contributed by atoms with Gasteiger partial charge in [0.15, 0.2) is 0 Å². The smallest absolute Gasteiger partial charge is 0.378 e. The number of tetrazole rings is 1. The number of nitrogens with one attached hydrogen (secondary N) is 1. The summed E-state index contributed by atoms with van der Waals surface area (Å²) in [6.45, 7) is 2.22. The number of hydrogen-bond acceptors (Lipinski definition) is 6. The van der Waals surface area contributed by atoms with Gasteiger partial charge in [-0.2, -0.15) is 0 Å². The second-order valence-electron chi connectivity index (χ2n) is 4.04. The molecule has 0 atom stereocenters. The molecule has 0 bridgehead atoms. The molecule has 1 aromatic rings. The Bertz CT molecular complexity index is 440. The molecule has 0 radical (unpaired) electrons. The van der Waals surface area contributed by atoms with Gasteiger partial charge in [0.2, 0.25) is 5.91 Å². The van der Waals surface area contributed by atoms with Gasteiger partial charge in [-0.1, -0.05) is 0 Å². The van der Waals surface area contributed by atoms with Gasteiger partial charge in [0.1, 0.15) is 0 Å². The van der Waals surface area contributed by atoms with Crippen molar-refractivity contribution in [3.05, 3.63) is 5.82 Å². The van der Waals surface area contributed by atoms with Crippen LogP contribution in [0.1, 0.15) is 36.8 Å². The molecule has 0 spiro atoms. The molecular weight excluding hydrogens is 238 g/mol. The third-order valence-electron chi connectivity index (χ3n) is 2.48. The lowest BCUT2D eigenvalue weighted by atomic mass is 10.4. The minimum atomic E-state index is -0.579. The Hall–Kier alpha value is -1.99. The Morgan fingerprint density at radius 1 is 1.50 bits per heavy atom. The number of carbonyl (C=O) groups excluding carboxylic acids is 2. The average molecular weight is 253 g/mol. The molecular formula is C10H15N5O3. The van der Waals surface area contributed by atoms with Crippen molar-refractivity contribution in [1.29, 1.82) is 0 Å². The maximum absolute atomic E-state index is 11.5.